The van der Waals surface area contributed by atoms with E-state index in [2.05, 4.69) is 11.5 Å². The molecular weight excluding hydrogens is 212 g/mol. The normalized spacial score (nSPS) is 29.1. The summed E-state index contributed by atoms with van der Waals surface area (Å²) in [6.45, 7) is 1.60. The Labute approximate surface area is 94.5 Å². The van der Waals surface area contributed by atoms with Gasteiger partial charge >= 0.3 is 0 Å². The summed E-state index contributed by atoms with van der Waals surface area (Å²) in [7, 11) is 0. The zero-order chi connectivity index (χ0) is 10.5. The smallest absolute Gasteiger partial charge is 0.113 e. The fourth-order valence-corrected chi connectivity index (χ4v) is 2.77. The van der Waals surface area contributed by atoms with Crippen LogP contribution in [-0.2, 0) is 9.47 Å². The van der Waals surface area contributed by atoms with Gasteiger partial charge < -0.3 is 9.47 Å². The average Bonchev–Trinajstić information content (AvgIpc) is 2.33. The summed E-state index contributed by atoms with van der Waals surface area (Å²) >= 11 is 1.91. The Morgan fingerprint density at radius 2 is 2.47 bits per heavy atom. The second-order valence-electron chi connectivity index (χ2n) is 3.73. The molecule has 2 aliphatic heterocycles. The molecule has 1 saturated heterocycles. The fourth-order valence-electron chi connectivity index (χ4n) is 1.86. The van der Waals surface area contributed by atoms with Crippen LogP contribution in [0.3, 0.4) is 0 Å². The molecule has 2 unspecified atom stereocenters. The lowest BCUT2D eigenvalue weighted by Crippen LogP contribution is -2.49. The van der Waals surface area contributed by atoms with Gasteiger partial charge in [-0.15, -0.1) is 0 Å². The third-order valence-corrected chi connectivity index (χ3v) is 3.68. The van der Waals surface area contributed by atoms with Crippen molar-refractivity contribution in [1.82, 2.24) is 5.43 Å². The molecule has 2 aliphatic rings. The molecule has 15 heavy (non-hydrogen) atoms. The molecule has 0 radical (unpaired) electrons. The molecule has 1 fully saturated rings. The van der Waals surface area contributed by atoms with Crippen molar-refractivity contribution < 1.29 is 9.47 Å². The number of hydrazine groups is 1. The molecular formula is C10H18N2O2S. The first kappa shape index (κ1) is 11.3. The zero-order valence-electron chi connectivity index (χ0n) is 8.78. The van der Waals surface area contributed by atoms with Crippen molar-refractivity contribution in [2.75, 3.05) is 24.7 Å². The first-order valence-electron chi connectivity index (χ1n) is 5.40. The average molecular weight is 230 g/mol. The molecule has 2 heterocycles. The highest BCUT2D eigenvalue weighted by Crippen LogP contribution is 2.22. The SMILES string of the molecule is NNC(C1=CCCCO1)C1CSCCO1. The molecule has 2 atom stereocenters. The lowest BCUT2D eigenvalue weighted by atomic mass is 10.1. The second-order valence-corrected chi connectivity index (χ2v) is 4.88. The maximum atomic E-state index is 5.70. The van der Waals surface area contributed by atoms with Crippen molar-refractivity contribution in [3.8, 4) is 0 Å². The van der Waals surface area contributed by atoms with Gasteiger partial charge in [0.15, 0.2) is 0 Å². The van der Waals surface area contributed by atoms with E-state index in [1.807, 2.05) is 11.8 Å². The number of ether oxygens (including phenoxy) is 2. The van der Waals surface area contributed by atoms with E-state index in [1.54, 1.807) is 0 Å². The Morgan fingerprint density at radius 3 is 3.07 bits per heavy atom. The number of thioether (sulfide) groups is 1. The molecule has 0 aromatic carbocycles. The quantitative estimate of drug-likeness (QED) is 0.550. The van der Waals surface area contributed by atoms with Crippen LogP contribution in [0.5, 0.6) is 0 Å². The predicted molar refractivity (Wildman–Crippen MR) is 61.4 cm³/mol. The van der Waals surface area contributed by atoms with Gasteiger partial charge in [0.1, 0.15) is 11.8 Å². The van der Waals surface area contributed by atoms with Crippen LogP contribution in [0.2, 0.25) is 0 Å². The summed E-state index contributed by atoms with van der Waals surface area (Å²) in [4.78, 5) is 0. The highest BCUT2D eigenvalue weighted by molar-refractivity contribution is 7.99. The number of hydrogen-bond donors (Lipinski definition) is 2. The topological polar surface area (TPSA) is 56.5 Å². The van der Waals surface area contributed by atoms with Crippen molar-refractivity contribution in [2.45, 2.75) is 25.0 Å². The van der Waals surface area contributed by atoms with Crippen molar-refractivity contribution >= 4 is 11.8 Å². The monoisotopic (exact) mass is 230 g/mol. The standard InChI is InChI=1S/C10H18N2O2S/c11-12-10(8-3-1-2-4-13-8)9-7-15-6-5-14-9/h3,9-10,12H,1-2,4-7,11H2. The van der Waals surface area contributed by atoms with Crippen molar-refractivity contribution in [3.05, 3.63) is 11.8 Å². The molecule has 4 nitrogen and oxygen atoms in total. The summed E-state index contributed by atoms with van der Waals surface area (Å²) in [5, 5.41) is 0. The molecule has 0 aromatic heterocycles. The van der Waals surface area contributed by atoms with Crippen molar-refractivity contribution in [3.63, 3.8) is 0 Å². The molecule has 86 valence electrons. The van der Waals surface area contributed by atoms with E-state index in [1.165, 1.54) is 0 Å². The third-order valence-electron chi connectivity index (χ3n) is 2.66. The van der Waals surface area contributed by atoms with Crippen LogP contribution < -0.4 is 11.3 Å². The number of rotatable bonds is 3. The molecule has 0 amide bonds. The molecule has 5 heteroatoms. The van der Waals surface area contributed by atoms with Gasteiger partial charge in [-0.05, 0) is 18.9 Å². The maximum absolute atomic E-state index is 5.70. The van der Waals surface area contributed by atoms with Gasteiger partial charge in [-0.1, -0.05) is 0 Å². The minimum Gasteiger partial charge on any atom is -0.496 e. The van der Waals surface area contributed by atoms with Crippen molar-refractivity contribution in [1.29, 1.82) is 0 Å². The Bertz CT molecular complexity index is 229. The van der Waals surface area contributed by atoms with E-state index >= 15 is 0 Å². The Kier molecular flexibility index (Phi) is 4.31. The van der Waals surface area contributed by atoms with E-state index in [0.717, 1.165) is 43.3 Å². The zero-order valence-corrected chi connectivity index (χ0v) is 9.59. The molecule has 2 rings (SSSR count). The summed E-state index contributed by atoms with van der Waals surface area (Å²) in [5.41, 5.74) is 2.81. The van der Waals surface area contributed by atoms with Crippen molar-refractivity contribution in [2.24, 2.45) is 5.84 Å². The highest BCUT2D eigenvalue weighted by Gasteiger charge is 2.28. The van der Waals surface area contributed by atoms with E-state index in [-0.39, 0.29) is 12.1 Å². The van der Waals surface area contributed by atoms with Crippen LogP contribution in [0.25, 0.3) is 0 Å². The second kappa shape index (κ2) is 5.75. The van der Waals surface area contributed by atoms with Crippen LogP contribution in [0, 0.1) is 0 Å². The van der Waals surface area contributed by atoms with E-state index in [4.69, 9.17) is 15.3 Å². The summed E-state index contributed by atoms with van der Waals surface area (Å²) < 4.78 is 11.3. The molecule has 0 saturated carbocycles. The van der Waals surface area contributed by atoms with Crippen LogP contribution in [0.1, 0.15) is 12.8 Å². The number of nitrogens with two attached hydrogens (primary N) is 1. The van der Waals surface area contributed by atoms with Gasteiger partial charge in [0.25, 0.3) is 0 Å². The van der Waals surface area contributed by atoms with Gasteiger partial charge in [0.2, 0.25) is 0 Å². The fraction of sp³-hybridized carbons (Fsp3) is 0.800. The number of allylic oxidation sites excluding steroid dienone is 1. The summed E-state index contributed by atoms with van der Waals surface area (Å²) in [6.07, 6.45) is 4.43. The van der Waals surface area contributed by atoms with Crippen LogP contribution >= 0.6 is 11.8 Å². The van der Waals surface area contributed by atoms with E-state index in [9.17, 15) is 0 Å². The molecule has 3 N–H and O–H groups in total. The van der Waals surface area contributed by atoms with Crippen LogP contribution in [0.4, 0.5) is 0 Å². The molecule has 0 aliphatic carbocycles. The summed E-state index contributed by atoms with van der Waals surface area (Å²) in [5.74, 6) is 8.59. The third kappa shape index (κ3) is 2.87. The van der Waals surface area contributed by atoms with Gasteiger partial charge in [0.05, 0.1) is 19.3 Å². The predicted octanol–water partition coefficient (Wildman–Crippen LogP) is 0.645. The van der Waals surface area contributed by atoms with E-state index in [0.29, 0.717) is 0 Å². The minimum absolute atomic E-state index is 0.0121. The Morgan fingerprint density at radius 1 is 1.53 bits per heavy atom. The largest absolute Gasteiger partial charge is 0.496 e. The molecule has 0 spiro atoms. The Balaban J connectivity index is 1.98. The Hall–Kier alpha value is -0.230. The lowest BCUT2D eigenvalue weighted by molar-refractivity contribution is 0.0341. The lowest BCUT2D eigenvalue weighted by Gasteiger charge is -2.32. The van der Waals surface area contributed by atoms with Crippen LogP contribution in [-0.4, -0.2) is 36.9 Å². The number of nitrogens with one attached hydrogen (secondary N) is 1. The maximum Gasteiger partial charge on any atom is 0.113 e. The molecule has 0 bridgehead atoms. The highest BCUT2D eigenvalue weighted by atomic mass is 32.2. The van der Waals surface area contributed by atoms with Gasteiger partial charge in [0, 0.05) is 11.5 Å². The molecule has 0 aromatic rings. The first-order chi connectivity index (χ1) is 7.42. The first-order valence-corrected chi connectivity index (χ1v) is 6.55. The van der Waals surface area contributed by atoms with Gasteiger partial charge in [-0.2, -0.15) is 11.8 Å². The van der Waals surface area contributed by atoms with Crippen LogP contribution in [0.15, 0.2) is 11.8 Å². The number of hydrogen-bond acceptors (Lipinski definition) is 5. The van der Waals surface area contributed by atoms with Gasteiger partial charge in [-0.25, -0.2) is 5.43 Å². The summed E-state index contributed by atoms with van der Waals surface area (Å²) in [6, 6.07) is 0.0121. The van der Waals surface area contributed by atoms with Gasteiger partial charge in [-0.3, -0.25) is 5.84 Å². The van der Waals surface area contributed by atoms with E-state index < -0.39 is 0 Å². The minimum atomic E-state index is 0.0121.